The van der Waals surface area contributed by atoms with Gasteiger partial charge < -0.3 is 5.43 Å². The van der Waals surface area contributed by atoms with E-state index in [9.17, 15) is 0 Å². The van der Waals surface area contributed by atoms with Crippen molar-refractivity contribution >= 4 is 5.84 Å². The predicted octanol–water partition coefficient (Wildman–Crippen LogP) is -0.187. The number of rotatable bonds is 1. The lowest BCUT2D eigenvalue weighted by Gasteiger charge is -2.13. The van der Waals surface area contributed by atoms with Gasteiger partial charge in [0, 0.05) is 0 Å². The Labute approximate surface area is 76.6 Å². The Balaban J connectivity index is 2.93. The molecular formula is C7H14N6. The summed E-state index contributed by atoms with van der Waals surface area (Å²) >= 11 is 0. The molecule has 0 aliphatic rings. The number of nitrogens with one attached hydrogen (secondary N) is 2. The smallest absolute Gasteiger partial charge is 0.165 e. The Morgan fingerprint density at radius 3 is 2.69 bits per heavy atom. The number of hydrogen-bond donors (Lipinski definition) is 3. The van der Waals surface area contributed by atoms with Gasteiger partial charge in [-0.3, -0.25) is 4.99 Å². The minimum atomic E-state index is -0.194. The highest BCUT2D eigenvalue weighted by Gasteiger charge is 2.12. The first-order chi connectivity index (χ1) is 6.03. The van der Waals surface area contributed by atoms with Crippen LogP contribution in [0.2, 0.25) is 0 Å². The monoisotopic (exact) mass is 182 g/mol. The third-order valence-corrected chi connectivity index (χ3v) is 1.24. The van der Waals surface area contributed by atoms with Crippen LogP contribution >= 0.6 is 0 Å². The van der Waals surface area contributed by atoms with Crippen molar-refractivity contribution in [3.05, 3.63) is 11.9 Å². The summed E-state index contributed by atoms with van der Waals surface area (Å²) in [6, 6.07) is 0. The number of nitrogens with two attached hydrogens (primary N) is 1. The van der Waals surface area contributed by atoms with Crippen LogP contribution < -0.4 is 11.3 Å². The summed E-state index contributed by atoms with van der Waals surface area (Å²) in [5.74, 6) is 5.84. The highest BCUT2D eigenvalue weighted by Crippen LogP contribution is 2.07. The molecule has 72 valence electrons. The van der Waals surface area contributed by atoms with Crippen molar-refractivity contribution in [2.24, 2.45) is 10.8 Å². The van der Waals surface area contributed by atoms with Crippen molar-refractivity contribution in [2.75, 3.05) is 0 Å². The van der Waals surface area contributed by atoms with E-state index in [1.54, 1.807) is 6.20 Å². The quantitative estimate of drug-likeness (QED) is 0.243. The lowest BCUT2D eigenvalue weighted by Crippen LogP contribution is -2.34. The predicted molar refractivity (Wildman–Crippen MR) is 50.0 cm³/mol. The van der Waals surface area contributed by atoms with Gasteiger partial charge in [-0.05, 0) is 20.8 Å². The second kappa shape index (κ2) is 3.53. The van der Waals surface area contributed by atoms with E-state index in [0.29, 0.717) is 11.5 Å². The fourth-order valence-corrected chi connectivity index (χ4v) is 0.815. The van der Waals surface area contributed by atoms with E-state index in [0.717, 1.165) is 0 Å². The van der Waals surface area contributed by atoms with Crippen LogP contribution in [-0.2, 0) is 0 Å². The molecule has 0 aliphatic carbocycles. The van der Waals surface area contributed by atoms with Crippen molar-refractivity contribution in [1.82, 2.24) is 20.8 Å². The standard InChI is InChI=1S/C7H14N6/c1-7(2,3)10-6(11-8)5-4-9-13-12-5/h4H,8H2,1-3H3,(H,10,11)(H,9,12,13). The molecular weight excluding hydrogens is 168 g/mol. The topological polar surface area (TPSA) is 92.0 Å². The zero-order valence-corrected chi connectivity index (χ0v) is 8.00. The van der Waals surface area contributed by atoms with Crippen molar-refractivity contribution in [1.29, 1.82) is 0 Å². The number of nitrogens with zero attached hydrogens (tertiary/aromatic N) is 3. The number of amidine groups is 1. The van der Waals surface area contributed by atoms with Gasteiger partial charge in [0.2, 0.25) is 0 Å². The Morgan fingerprint density at radius 2 is 2.31 bits per heavy atom. The zero-order chi connectivity index (χ0) is 9.90. The maximum Gasteiger partial charge on any atom is 0.165 e. The fourth-order valence-electron chi connectivity index (χ4n) is 0.815. The Kier molecular flexibility index (Phi) is 2.62. The summed E-state index contributed by atoms with van der Waals surface area (Å²) in [5.41, 5.74) is 2.90. The van der Waals surface area contributed by atoms with Crippen molar-refractivity contribution in [3.8, 4) is 0 Å². The number of aliphatic imine (C=N–C) groups is 1. The first-order valence-electron chi connectivity index (χ1n) is 3.95. The molecule has 0 saturated carbocycles. The van der Waals surface area contributed by atoms with E-state index in [1.165, 1.54) is 0 Å². The molecule has 4 N–H and O–H groups in total. The largest absolute Gasteiger partial charge is 0.307 e. The van der Waals surface area contributed by atoms with Crippen molar-refractivity contribution < 1.29 is 0 Å². The molecule has 1 aromatic heterocycles. The Hall–Kier alpha value is -1.43. The summed E-state index contributed by atoms with van der Waals surface area (Å²) in [5, 5.41) is 10.0. The molecule has 0 spiro atoms. The first-order valence-corrected chi connectivity index (χ1v) is 3.95. The molecule has 0 aliphatic heterocycles. The molecule has 0 atom stereocenters. The first kappa shape index (κ1) is 9.66. The van der Waals surface area contributed by atoms with Gasteiger partial charge in [0.05, 0.1) is 11.7 Å². The molecule has 13 heavy (non-hydrogen) atoms. The summed E-state index contributed by atoms with van der Waals surface area (Å²) in [6.07, 6.45) is 1.56. The highest BCUT2D eigenvalue weighted by atomic mass is 15.3. The van der Waals surface area contributed by atoms with Crippen LogP contribution in [0, 0.1) is 0 Å². The Morgan fingerprint density at radius 1 is 1.62 bits per heavy atom. The molecule has 1 heterocycles. The van der Waals surface area contributed by atoms with Crippen LogP contribution in [0.25, 0.3) is 0 Å². The van der Waals surface area contributed by atoms with Crippen LogP contribution in [0.15, 0.2) is 11.2 Å². The Bertz CT molecular complexity index is 280. The molecule has 1 rings (SSSR count). The summed E-state index contributed by atoms with van der Waals surface area (Å²) < 4.78 is 0. The van der Waals surface area contributed by atoms with Gasteiger partial charge in [0.1, 0.15) is 5.69 Å². The molecule has 0 fully saturated rings. The number of aromatic nitrogens is 3. The van der Waals surface area contributed by atoms with Gasteiger partial charge in [-0.2, -0.15) is 15.4 Å². The molecule has 6 heteroatoms. The van der Waals surface area contributed by atoms with Crippen LogP contribution in [0.4, 0.5) is 0 Å². The maximum atomic E-state index is 5.31. The maximum absolute atomic E-state index is 5.31. The van der Waals surface area contributed by atoms with Crippen LogP contribution in [0.1, 0.15) is 26.5 Å². The summed E-state index contributed by atoms with van der Waals surface area (Å²) in [4.78, 5) is 4.33. The average molecular weight is 182 g/mol. The molecule has 0 bridgehead atoms. The van der Waals surface area contributed by atoms with E-state index in [-0.39, 0.29) is 5.54 Å². The molecule has 0 amide bonds. The van der Waals surface area contributed by atoms with Crippen molar-refractivity contribution in [2.45, 2.75) is 26.3 Å². The van der Waals surface area contributed by atoms with Crippen LogP contribution in [0.5, 0.6) is 0 Å². The molecule has 0 saturated heterocycles. The summed E-state index contributed by atoms with van der Waals surface area (Å²) in [7, 11) is 0. The van der Waals surface area contributed by atoms with Crippen molar-refractivity contribution in [3.63, 3.8) is 0 Å². The molecule has 0 unspecified atom stereocenters. The van der Waals surface area contributed by atoms with E-state index in [4.69, 9.17) is 5.84 Å². The highest BCUT2D eigenvalue weighted by molar-refractivity contribution is 5.96. The molecule has 0 radical (unpaired) electrons. The number of hydrazine groups is 1. The minimum absolute atomic E-state index is 0.194. The summed E-state index contributed by atoms with van der Waals surface area (Å²) in [6.45, 7) is 5.93. The van der Waals surface area contributed by atoms with E-state index in [2.05, 4.69) is 25.8 Å². The molecule has 0 aromatic carbocycles. The van der Waals surface area contributed by atoms with Gasteiger partial charge >= 0.3 is 0 Å². The minimum Gasteiger partial charge on any atom is -0.307 e. The lowest BCUT2D eigenvalue weighted by molar-refractivity contribution is 0.579. The van der Waals surface area contributed by atoms with Crippen LogP contribution in [0.3, 0.4) is 0 Å². The van der Waals surface area contributed by atoms with Gasteiger partial charge in [0.25, 0.3) is 0 Å². The van der Waals surface area contributed by atoms with Gasteiger partial charge in [-0.1, -0.05) is 0 Å². The van der Waals surface area contributed by atoms with E-state index in [1.807, 2.05) is 20.8 Å². The molecule has 1 aromatic rings. The second-order valence-electron chi connectivity index (χ2n) is 3.63. The third kappa shape index (κ3) is 2.83. The van der Waals surface area contributed by atoms with Crippen LogP contribution in [-0.4, -0.2) is 26.8 Å². The molecule has 6 nitrogen and oxygen atoms in total. The van der Waals surface area contributed by atoms with Gasteiger partial charge in [0.15, 0.2) is 5.84 Å². The number of aromatic amines is 1. The van der Waals surface area contributed by atoms with Gasteiger partial charge in [-0.15, -0.1) is 0 Å². The third-order valence-electron chi connectivity index (χ3n) is 1.24. The fraction of sp³-hybridized carbons (Fsp3) is 0.571. The normalized spacial score (nSPS) is 13.1. The SMILES string of the molecule is CC(C)(C)N=C(NN)c1cn[nH]n1. The average Bonchev–Trinajstić information content (AvgIpc) is 2.50. The second-order valence-corrected chi connectivity index (χ2v) is 3.63. The van der Waals surface area contributed by atoms with Gasteiger partial charge in [-0.25, -0.2) is 5.84 Å². The van der Waals surface area contributed by atoms with E-state index >= 15 is 0 Å². The number of H-pyrrole nitrogens is 1. The number of hydrogen-bond acceptors (Lipinski definition) is 4. The zero-order valence-electron chi connectivity index (χ0n) is 8.00. The lowest BCUT2D eigenvalue weighted by atomic mass is 10.1. The van der Waals surface area contributed by atoms with E-state index < -0.39 is 0 Å².